The fourth-order valence-corrected chi connectivity index (χ4v) is 1.67. The first-order chi connectivity index (χ1) is 4.86. The largest absolute Gasteiger partial charge is 0.330 e. The number of likely N-dealkylation sites (tertiary alicyclic amines) is 1. The summed E-state index contributed by atoms with van der Waals surface area (Å²) in [6, 6.07) is 0. The number of hydrogen-bond donors (Lipinski definition) is 1. The summed E-state index contributed by atoms with van der Waals surface area (Å²) in [6.07, 6.45) is 2.58. The number of rotatable bonds is 3. The molecule has 0 aliphatic carbocycles. The molecule has 2 heteroatoms. The van der Waals surface area contributed by atoms with Crippen molar-refractivity contribution in [2.75, 3.05) is 26.2 Å². The first-order valence-corrected chi connectivity index (χ1v) is 4.29. The van der Waals surface area contributed by atoms with E-state index in [4.69, 9.17) is 5.73 Å². The highest BCUT2D eigenvalue weighted by Crippen LogP contribution is 2.17. The zero-order valence-corrected chi connectivity index (χ0v) is 6.84. The fourth-order valence-electron chi connectivity index (χ4n) is 1.67. The molecule has 0 amide bonds. The molecule has 0 aromatic carbocycles. The van der Waals surface area contributed by atoms with E-state index in [0.717, 1.165) is 12.5 Å². The molecule has 2 nitrogen and oxygen atoms in total. The standard InChI is InChI=1S/C8H18N2/c1-2-10-6-4-8(7-10)3-5-9/h8H,2-7,9H2,1H3. The van der Waals surface area contributed by atoms with Gasteiger partial charge in [0.25, 0.3) is 0 Å². The molecule has 0 spiro atoms. The number of nitrogens with zero attached hydrogens (tertiary/aromatic N) is 1. The van der Waals surface area contributed by atoms with Crippen LogP contribution in [0.3, 0.4) is 0 Å². The first kappa shape index (κ1) is 8.02. The SMILES string of the molecule is CCN1CCC(CCN)C1. The van der Waals surface area contributed by atoms with E-state index in [1.54, 1.807) is 0 Å². The van der Waals surface area contributed by atoms with Gasteiger partial charge in [-0.25, -0.2) is 0 Å². The van der Waals surface area contributed by atoms with Gasteiger partial charge in [0, 0.05) is 6.54 Å². The van der Waals surface area contributed by atoms with Gasteiger partial charge in [-0.1, -0.05) is 6.92 Å². The Balaban J connectivity index is 2.15. The monoisotopic (exact) mass is 142 g/mol. The van der Waals surface area contributed by atoms with Gasteiger partial charge in [-0.2, -0.15) is 0 Å². The topological polar surface area (TPSA) is 29.3 Å². The van der Waals surface area contributed by atoms with Crippen LogP contribution in [0.25, 0.3) is 0 Å². The molecule has 0 bridgehead atoms. The van der Waals surface area contributed by atoms with Gasteiger partial charge in [0.1, 0.15) is 0 Å². The van der Waals surface area contributed by atoms with E-state index in [1.165, 1.54) is 32.5 Å². The Kier molecular flexibility index (Phi) is 3.16. The lowest BCUT2D eigenvalue weighted by Crippen LogP contribution is -2.20. The zero-order chi connectivity index (χ0) is 7.40. The van der Waals surface area contributed by atoms with Crippen LogP contribution in [-0.4, -0.2) is 31.1 Å². The average Bonchev–Trinajstić information content (AvgIpc) is 2.37. The minimum Gasteiger partial charge on any atom is -0.330 e. The Morgan fingerprint density at radius 3 is 2.90 bits per heavy atom. The summed E-state index contributed by atoms with van der Waals surface area (Å²) in [4.78, 5) is 2.50. The minimum atomic E-state index is 0.863. The molecule has 1 heterocycles. The highest BCUT2D eigenvalue weighted by atomic mass is 15.1. The Hall–Kier alpha value is -0.0800. The van der Waals surface area contributed by atoms with E-state index < -0.39 is 0 Å². The van der Waals surface area contributed by atoms with E-state index in [1.807, 2.05) is 0 Å². The molecule has 1 rings (SSSR count). The predicted octanol–water partition coefficient (Wildman–Crippen LogP) is 0.677. The summed E-state index contributed by atoms with van der Waals surface area (Å²) in [7, 11) is 0. The van der Waals surface area contributed by atoms with Crippen molar-refractivity contribution in [2.24, 2.45) is 11.7 Å². The van der Waals surface area contributed by atoms with Crippen molar-refractivity contribution < 1.29 is 0 Å². The molecule has 1 unspecified atom stereocenters. The highest BCUT2D eigenvalue weighted by Gasteiger charge is 2.19. The third-order valence-electron chi connectivity index (χ3n) is 2.39. The van der Waals surface area contributed by atoms with E-state index in [-0.39, 0.29) is 0 Å². The van der Waals surface area contributed by atoms with Gasteiger partial charge < -0.3 is 10.6 Å². The van der Waals surface area contributed by atoms with Crippen LogP contribution in [-0.2, 0) is 0 Å². The molecule has 1 fully saturated rings. The molecule has 60 valence electrons. The van der Waals surface area contributed by atoms with Crippen molar-refractivity contribution >= 4 is 0 Å². The van der Waals surface area contributed by atoms with Crippen molar-refractivity contribution in [3.63, 3.8) is 0 Å². The van der Waals surface area contributed by atoms with Crippen molar-refractivity contribution in [2.45, 2.75) is 19.8 Å². The van der Waals surface area contributed by atoms with Gasteiger partial charge >= 0.3 is 0 Å². The number of hydrogen-bond acceptors (Lipinski definition) is 2. The Morgan fingerprint density at radius 1 is 1.60 bits per heavy atom. The molecule has 0 aromatic heterocycles. The van der Waals surface area contributed by atoms with Crippen LogP contribution in [0.4, 0.5) is 0 Å². The van der Waals surface area contributed by atoms with Crippen molar-refractivity contribution in [1.82, 2.24) is 4.90 Å². The van der Waals surface area contributed by atoms with Gasteiger partial charge in [0.05, 0.1) is 0 Å². The second-order valence-corrected chi connectivity index (χ2v) is 3.13. The van der Waals surface area contributed by atoms with Crippen LogP contribution in [0, 0.1) is 5.92 Å². The van der Waals surface area contributed by atoms with Gasteiger partial charge in [-0.05, 0) is 38.4 Å². The lowest BCUT2D eigenvalue weighted by molar-refractivity contribution is 0.339. The van der Waals surface area contributed by atoms with E-state index >= 15 is 0 Å². The van der Waals surface area contributed by atoms with Crippen LogP contribution in [0.2, 0.25) is 0 Å². The van der Waals surface area contributed by atoms with E-state index in [2.05, 4.69) is 11.8 Å². The summed E-state index contributed by atoms with van der Waals surface area (Å²) in [6.45, 7) is 6.88. The smallest absolute Gasteiger partial charge is 0.00105 e. The van der Waals surface area contributed by atoms with Gasteiger partial charge in [0.2, 0.25) is 0 Å². The van der Waals surface area contributed by atoms with Crippen molar-refractivity contribution in [3.8, 4) is 0 Å². The molecule has 0 aromatic rings. The second-order valence-electron chi connectivity index (χ2n) is 3.13. The maximum Gasteiger partial charge on any atom is 0.00105 e. The molecular weight excluding hydrogens is 124 g/mol. The molecule has 1 saturated heterocycles. The zero-order valence-electron chi connectivity index (χ0n) is 6.84. The van der Waals surface area contributed by atoms with Crippen LogP contribution in [0.5, 0.6) is 0 Å². The third-order valence-corrected chi connectivity index (χ3v) is 2.39. The molecule has 1 atom stereocenters. The normalized spacial score (nSPS) is 27.6. The van der Waals surface area contributed by atoms with Crippen LogP contribution in [0.15, 0.2) is 0 Å². The molecule has 1 aliphatic rings. The maximum absolute atomic E-state index is 5.48. The van der Waals surface area contributed by atoms with Crippen molar-refractivity contribution in [1.29, 1.82) is 0 Å². The summed E-state index contributed by atoms with van der Waals surface area (Å²) in [5.41, 5.74) is 5.48. The van der Waals surface area contributed by atoms with Gasteiger partial charge in [0.15, 0.2) is 0 Å². The summed E-state index contributed by atoms with van der Waals surface area (Å²) < 4.78 is 0. The molecule has 0 radical (unpaired) electrons. The molecular formula is C8H18N2. The average molecular weight is 142 g/mol. The summed E-state index contributed by atoms with van der Waals surface area (Å²) in [5.74, 6) is 0.893. The highest BCUT2D eigenvalue weighted by molar-refractivity contribution is 4.74. The second kappa shape index (κ2) is 3.94. The fraction of sp³-hybridized carbons (Fsp3) is 1.00. The van der Waals surface area contributed by atoms with E-state index in [0.29, 0.717) is 0 Å². The maximum atomic E-state index is 5.48. The summed E-state index contributed by atoms with van der Waals surface area (Å²) >= 11 is 0. The first-order valence-electron chi connectivity index (χ1n) is 4.29. The molecule has 1 aliphatic heterocycles. The van der Waals surface area contributed by atoms with E-state index in [9.17, 15) is 0 Å². The Labute approximate surface area is 63.4 Å². The third kappa shape index (κ3) is 1.96. The molecule has 2 N–H and O–H groups in total. The van der Waals surface area contributed by atoms with Crippen molar-refractivity contribution in [3.05, 3.63) is 0 Å². The lowest BCUT2D eigenvalue weighted by Gasteiger charge is -2.11. The summed E-state index contributed by atoms with van der Waals surface area (Å²) in [5, 5.41) is 0. The van der Waals surface area contributed by atoms with Crippen LogP contribution < -0.4 is 5.73 Å². The van der Waals surface area contributed by atoms with Crippen LogP contribution in [0.1, 0.15) is 19.8 Å². The van der Waals surface area contributed by atoms with Gasteiger partial charge in [-0.15, -0.1) is 0 Å². The quantitative estimate of drug-likeness (QED) is 0.628. The predicted molar refractivity (Wildman–Crippen MR) is 43.9 cm³/mol. The molecule has 10 heavy (non-hydrogen) atoms. The lowest BCUT2D eigenvalue weighted by atomic mass is 10.1. The van der Waals surface area contributed by atoms with Crippen LogP contribution >= 0.6 is 0 Å². The Morgan fingerprint density at radius 2 is 2.40 bits per heavy atom. The van der Waals surface area contributed by atoms with Gasteiger partial charge in [-0.3, -0.25) is 0 Å². The molecule has 0 saturated carbocycles. The number of nitrogens with two attached hydrogens (primary N) is 1. The Bertz CT molecular complexity index is 93.3. The minimum absolute atomic E-state index is 0.863.